The number of anilines is 1. The van der Waals surface area contributed by atoms with Gasteiger partial charge in [-0.15, -0.1) is 0 Å². The first-order valence-corrected chi connectivity index (χ1v) is 15.6. The monoisotopic (exact) mass is 600 g/mol. The fourth-order valence-electron chi connectivity index (χ4n) is 4.99. The molecule has 43 heavy (non-hydrogen) atoms. The summed E-state index contributed by atoms with van der Waals surface area (Å²) in [5.41, 5.74) is 1.71. The molecule has 4 aromatic rings. The third-order valence-electron chi connectivity index (χ3n) is 7.10. The van der Waals surface area contributed by atoms with E-state index in [-0.39, 0.29) is 11.3 Å². The molecule has 5 rings (SSSR count). The van der Waals surface area contributed by atoms with Crippen molar-refractivity contribution in [2.45, 2.75) is 52.5 Å². The van der Waals surface area contributed by atoms with Crippen molar-refractivity contribution in [3.05, 3.63) is 83.4 Å². The van der Waals surface area contributed by atoms with Crippen LogP contribution in [0.5, 0.6) is 17.2 Å². The van der Waals surface area contributed by atoms with E-state index in [4.69, 9.17) is 19.2 Å². The fourth-order valence-corrected chi connectivity index (χ4v) is 6.02. The van der Waals surface area contributed by atoms with Crippen LogP contribution in [-0.4, -0.2) is 41.6 Å². The average molecular weight is 601 g/mol. The van der Waals surface area contributed by atoms with E-state index in [1.54, 1.807) is 24.3 Å². The van der Waals surface area contributed by atoms with E-state index < -0.39 is 17.7 Å². The van der Waals surface area contributed by atoms with E-state index in [2.05, 4.69) is 6.92 Å². The number of hydrogen-bond acceptors (Lipinski definition) is 8. The van der Waals surface area contributed by atoms with Crippen LogP contribution in [-0.2, 0) is 9.59 Å². The van der Waals surface area contributed by atoms with Gasteiger partial charge >= 0.3 is 5.91 Å². The molecule has 1 aromatic heterocycles. The summed E-state index contributed by atoms with van der Waals surface area (Å²) < 4.78 is 18.1. The van der Waals surface area contributed by atoms with E-state index in [0.29, 0.717) is 58.8 Å². The molecule has 0 bridgehead atoms. The van der Waals surface area contributed by atoms with Crippen LogP contribution in [0.15, 0.2) is 72.3 Å². The second-order valence-corrected chi connectivity index (χ2v) is 11.2. The SMILES string of the molecule is CCCCCOc1ccc(C2/C(=C(\O)c3cccc(OCCC)c3)C(=O)C(=O)N2c2nc3ccc(OCC)cc3s2)cc1. The smallest absolute Gasteiger partial charge is 0.301 e. The molecule has 1 fully saturated rings. The predicted molar refractivity (Wildman–Crippen MR) is 169 cm³/mol. The van der Waals surface area contributed by atoms with Gasteiger partial charge in [-0.1, -0.05) is 62.3 Å². The lowest BCUT2D eigenvalue weighted by molar-refractivity contribution is -0.132. The Hall–Kier alpha value is -4.37. The number of amides is 1. The first-order valence-electron chi connectivity index (χ1n) is 14.8. The summed E-state index contributed by atoms with van der Waals surface area (Å²) in [7, 11) is 0. The molecule has 3 aromatic carbocycles. The van der Waals surface area contributed by atoms with Crippen molar-refractivity contribution in [1.82, 2.24) is 4.98 Å². The van der Waals surface area contributed by atoms with Gasteiger partial charge in [-0.25, -0.2) is 4.98 Å². The molecule has 1 aliphatic rings. The predicted octanol–water partition coefficient (Wildman–Crippen LogP) is 7.68. The van der Waals surface area contributed by atoms with Gasteiger partial charge in [-0.05, 0) is 67.8 Å². The number of hydrogen-bond donors (Lipinski definition) is 1. The number of aliphatic hydroxyl groups excluding tert-OH is 1. The van der Waals surface area contributed by atoms with Crippen LogP contribution in [0, 0.1) is 0 Å². The van der Waals surface area contributed by atoms with Gasteiger partial charge < -0.3 is 19.3 Å². The summed E-state index contributed by atoms with van der Waals surface area (Å²) in [5, 5.41) is 11.9. The molecule has 224 valence electrons. The molecular weight excluding hydrogens is 564 g/mol. The Labute approximate surface area is 255 Å². The molecule has 1 saturated heterocycles. The second kappa shape index (κ2) is 13.7. The highest BCUT2D eigenvalue weighted by Crippen LogP contribution is 2.45. The molecule has 0 aliphatic carbocycles. The second-order valence-electron chi connectivity index (χ2n) is 10.2. The van der Waals surface area contributed by atoms with Crippen molar-refractivity contribution < 1.29 is 28.9 Å². The normalized spacial score (nSPS) is 16.2. The quantitative estimate of drug-likeness (QED) is 0.0727. The summed E-state index contributed by atoms with van der Waals surface area (Å²) in [4.78, 5) is 33.4. The molecule has 1 aliphatic heterocycles. The molecule has 1 N–H and O–H groups in total. The van der Waals surface area contributed by atoms with Crippen LogP contribution in [0.4, 0.5) is 5.13 Å². The number of thiazole rings is 1. The van der Waals surface area contributed by atoms with E-state index in [0.717, 1.165) is 30.4 Å². The Bertz CT molecular complexity index is 1630. The molecule has 9 heteroatoms. The highest BCUT2D eigenvalue weighted by atomic mass is 32.1. The van der Waals surface area contributed by atoms with Crippen LogP contribution in [0.25, 0.3) is 16.0 Å². The maximum absolute atomic E-state index is 13.7. The topological polar surface area (TPSA) is 98.2 Å². The molecule has 0 radical (unpaired) electrons. The fraction of sp³-hybridized carbons (Fsp3) is 0.324. The first kappa shape index (κ1) is 30.1. The van der Waals surface area contributed by atoms with E-state index in [9.17, 15) is 14.7 Å². The van der Waals surface area contributed by atoms with Gasteiger partial charge in [0.15, 0.2) is 5.13 Å². The minimum Gasteiger partial charge on any atom is -0.507 e. The number of aromatic nitrogens is 1. The van der Waals surface area contributed by atoms with E-state index in [1.165, 1.54) is 16.2 Å². The van der Waals surface area contributed by atoms with E-state index >= 15 is 0 Å². The van der Waals surface area contributed by atoms with Crippen LogP contribution < -0.4 is 19.1 Å². The molecule has 0 spiro atoms. The molecule has 1 amide bonds. The minimum atomic E-state index is -0.902. The van der Waals surface area contributed by atoms with Gasteiger partial charge in [0, 0.05) is 5.56 Å². The number of carbonyl (C=O) groups excluding carboxylic acids is 2. The van der Waals surface area contributed by atoms with Crippen molar-refractivity contribution in [1.29, 1.82) is 0 Å². The highest BCUT2D eigenvalue weighted by molar-refractivity contribution is 7.22. The third kappa shape index (κ3) is 6.51. The Kier molecular flexibility index (Phi) is 9.61. The van der Waals surface area contributed by atoms with Crippen LogP contribution in [0.3, 0.4) is 0 Å². The highest BCUT2D eigenvalue weighted by Gasteiger charge is 2.48. The van der Waals surface area contributed by atoms with Crippen molar-refractivity contribution in [3.63, 3.8) is 0 Å². The number of ketones is 1. The van der Waals surface area contributed by atoms with Crippen molar-refractivity contribution in [2.75, 3.05) is 24.7 Å². The van der Waals surface area contributed by atoms with Crippen molar-refractivity contribution in [3.8, 4) is 17.2 Å². The summed E-state index contributed by atoms with van der Waals surface area (Å²) in [6, 6.07) is 18.8. The number of benzene rings is 3. The number of rotatable bonds is 13. The maximum atomic E-state index is 13.7. The molecule has 8 nitrogen and oxygen atoms in total. The molecular formula is C34H36N2O6S. The summed E-state index contributed by atoms with van der Waals surface area (Å²) in [6.45, 7) is 7.71. The van der Waals surface area contributed by atoms with Gasteiger partial charge in [0.25, 0.3) is 5.78 Å². The number of carbonyl (C=O) groups is 2. The van der Waals surface area contributed by atoms with Crippen LogP contribution in [0.2, 0.25) is 0 Å². The lowest BCUT2D eigenvalue weighted by Gasteiger charge is -2.23. The van der Waals surface area contributed by atoms with Gasteiger partial charge in [0.1, 0.15) is 23.0 Å². The van der Waals surface area contributed by atoms with Gasteiger partial charge in [0.05, 0.1) is 41.7 Å². The lowest BCUT2D eigenvalue weighted by atomic mass is 9.95. The largest absolute Gasteiger partial charge is 0.507 e. The summed E-state index contributed by atoms with van der Waals surface area (Å²) >= 11 is 1.29. The Balaban J connectivity index is 1.59. The summed E-state index contributed by atoms with van der Waals surface area (Å²) in [6.07, 6.45) is 3.98. The van der Waals surface area contributed by atoms with Crippen molar-refractivity contribution in [2.24, 2.45) is 0 Å². The first-order chi connectivity index (χ1) is 20.9. The zero-order chi connectivity index (χ0) is 30.3. The van der Waals surface area contributed by atoms with Crippen molar-refractivity contribution >= 4 is 44.1 Å². The number of nitrogens with zero attached hydrogens (tertiary/aromatic N) is 2. The molecule has 1 atom stereocenters. The zero-order valence-electron chi connectivity index (χ0n) is 24.7. The number of unbranched alkanes of at least 4 members (excludes halogenated alkanes) is 2. The van der Waals surface area contributed by atoms with Crippen LogP contribution in [0.1, 0.15) is 63.6 Å². The molecule has 1 unspecified atom stereocenters. The number of aliphatic hydroxyl groups is 1. The van der Waals surface area contributed by atoms with Crippen LogP contribution >= 0.6 is 11.3 Å². The summed E-state index contributed by atoms with van der Waals surface area (Å²) in [5.74, 6) is 0.153. The standard InChI is InChI=1S/C34H36N2O6S/c1-4-7-8-19-42-24-14-12-22(13-15-24)30-29(31(37)23-10-9-11-25(20-23)41-18-5-2)32(38)33(39)36(30)34-35-27-17-16-26(40-6-3)21-28(27)43-34/h9-17,20-21,30,37H,4-8,18-19H2,1-3H3/b31-29+. The van der Waals surface area contributed by atoms with Gasteiger partial charge in [-0.2, -0.15) is 0 Å². The van der Waals surface area contributed by atoms with E-state index in [1.807, 2.05) is 56.3 Å². The number of fused-ring (bicyclic) bond motifs is 1. The van der Waals surface area contributed by atoms with Gasteiger partial charge in [0.2, 0.25) is 0 Å². The Morgan fingerprint density at radius 1 is 0.860 bits per heavy atom. The Morgan fingerprint density at radius 2 is 1.60 bits per heavy atom. The maximum Gasteiger partial charge on any atom is 0.301 e. The zero-order valence-corrected chi connectivity index (χ0v) is 25.5. The average Bonchev–Trinajstić information content (AvgIpc) is 3.56. The van der Waals surface area contributed by atoms with Gasteiger partial charge in [-0.3, -0.25) is 14.5 Å². The number of ether oxygens (including phenoxy) is 3. The lowest BCUT2D eigenvalue weighted by Crippen LogP contribution is -2.29. The third-order valence-corrected chi connectivity index (χ3v) is 8.12. The molecule has 2 heterocycles. The number of Topliss-reactive ketones (excluding diaryl/α,β-unsaturated/α-hetero) is 1. The molecule has 0 saturated carbocycles. The Morgan fingerprint density at radius 3 is 2.35 bits per heavy atom. The minimum absolute atomic E-state index is 0.0106.